The van der Waals surface area contributed by atoms with Crippen LogP contribution in [0.3, 0.4) is 0 Å². The summed E-state index contributed by atoms with van der Waals surface area (Å²) in [6, 6.07) is 0. The lowest BCUT2D eigenvalue weighted by Crippen LogP contribution is -2.15. The zero-order chi connectivity index (χ0) is 8.91. The van der Waals surface area contributed by atoms with Crippen LogP contribution in [0.1, 0.15) is 0 Å². The molecule has 0 unspecified atom stereocenters. The third-order valence-electron chi connectivity index (χ3n) is 0.968. The fraction of sp³-hybridized carbons (Fsp3) is 0.375. The van der Waals surface area contributed by atoms with Crippen molar-refractivity contribution in [3.63, 3.8) is 0 Å². The molecule has 0 saturated carbocycles. The van der Waals surface area contributed by atoms with Crippen LogP contribution >= 0.6 is 0 Å². The average Bonchev–Trinajstić information content (AvgIpc) is 1.78. The summed E-state index contributed by atoms with van der Waals surface area (Å²) >= 11 is 0. The summed E-state index contributed by atoms with van der Waals surface area (Å²) in [6.07, 6.45) is 4.92. The summed E-state index contributed by atoms with van der Waals surface area (Å²) in [4.78, 5) is 10.2. The van der Waals surface area contributed by atoms with Gasteiger partial charge in [0.05, 0.1) is 8.07 Å². The summed E-state index contributed by atoms with van der Waals surface area (Å²) in [7, 11) is -1.11. The van der Waals surface area contributed by atoms with Crippen LogP contribution in [0.2, 0.25) is 19.6 Å². The van der Waals surface area contributed by atoms with Gasteiger partial charge < -0.3 is 5.73 Å². The number of hydrogen-bond donors (Lipinski definition) is 1. The Morgan fingerprint density at radius 2 is 1.82 bits per heavy atom. The molecule has 0 aromatic heterocycles. The molecule has 0 saturated heterocycles. The van der Waals surface area contributed by atoms with Gasteiger partial charge in [0.1, 0.15) is 0 Å². The summed E-state index contributed by atoms with van der Waals surface area (Å²) < 4.78 is 0. The number of primary amides is 1. The zero-order valence-corrected chi connectivity index (χ0v) is 8.29. The van der Waals surface area contributed by atoms with Gasteiger partial charge in [-0.2, -0.15) is 0 Å². The molecule has 0 heterocycles. The van der Waals surface area contributed by atoms with Crippen molar-refractivity contribution >= 4 is 14.0 Å². The van der Waals surface area contributed by atoms with Crippen molar-refractivity contribution in [3.8, 4) is 0 Å². The van der Waals surface area contributed by atoms with Crippen LogP contribution in [-0.4, -0.2) is 14.0 Å². The molecule has 0 aliphatic carbocycles. The molecule has 3 heteroatoms. The highest BCUT2D eigenvalue weighted by Gasteiger charge is 2.05. The van der Waals surface area contributed by atoms with Gasteiger partial charge in [-0.15, -0.1) is 0 Å². The van der Waals surface area contributed by atoms with E-state index in [-0.39, 0.29) is 0 Å². The Labute approximate surface area is 68.8 Å². The molecule has 0 atom stereocenters. The Hall–Kier alpha value is -0.833. The van der Waals surface area contributed by atoms with E-state index in [9.17, 15) is 4.79 Å². The molecule has 2 N–H and O–H groups in total. The highest BCUT2D eigenvalue weighted by atomic mass is 28.3. The molecule has 11 heavy (non-hydrogen) atoms. The van der Waals surface area contributed by atoms with Crippen LogP contribution in [0, 0.1) is 0 Å². The van der Waals surface area contributed by atoms with Crippen molar-refractivity contribution < 1.29 is 4.79 Å². The quantitative estimate of drug-likeness (QED) is 0.388. The molecule has 2 nitrogen and oxygen atoms in total. The van der Waals surface area contributed by atoms with Gasteiger partial charge in [0, 0.05) is 6.08 Å². The second-order valence-corrected chi connectivity index (χ2v) is 8.55. The molecule has 1 amide bonds. The molecule has 0 radical (unpaired) electrons. The molecule has 62 valence electrons. The summed E-state index contributed by atoms with van der Waals surface area (Å²) in [5.41, 5.74) is 7.04. The Morgan fingerprint density at radius 3 is 2.18 bits per heavy atom. The minimum absolute atomic E-state index is 0.398. The Morgan fingerprint density at radius 1 is 1.27 bits per heavy atom. The fourth-order valence-electron chi connectivity index (χ4n) is 0.495. The lowest BCUT2D eigenvalue weighted by Gasteiger charge is -2.06. The highest BCUT2D eigenvalue weighted by Crippen LogP contribution is 2.01. The maximum Gasteiger partial charge on any atom is 0.241 e. The van der Waals surface area contributed by atoms with E-state index in [0.29, 0.717) is 0 Å². The first kappa shape index (κ1) is 10.2. The highest BCUT2D eigenvalue weighted by molar-refractivity contribution is 6.80. The molecule has 0 fully saturated rings. The van der Waals surface area contributed by atoms with E-state index in [1.807, 2.05) is 6.08 Å². The maximum absolute atomic E-state index is 10.2. The first-order chi connectivity index (χ1) is 4.92. The largest absolute Gasteiger partial charge is 0.366 e. The summed E-state index contributed by atoms with van der Waals surface area (Å²) in [5.74, 6) is -0.398. The number of nitrogens with two attached hydrogens (primary N) is 1. The molecule has 0 aromatic rings. The van der Waals surface area contributed by atoms with Gasteiger partial charge in [0.2, 0.25) is 5.91 Å². The number of carbonyl (C=O) groups is 1. The second-order valence-electron chi connectivity index (χ2n) is 3.49. The van der Waals surface area contributed by atoms with Crippen LogP contribution in [0.5, 0.6) is 0 Å². The van der Waals surface area contributed by atoms with Gasteiger partial charge >= 0.3 is 0 Å². The van der Waals surface area contributed by atoms with Gasteiger partial charge in [0.25, 0.3) is 0 Å². The molecular weight excluding hydrogens is 154 g/mol. The summed E-state index contributed by atoms with van der Waals surface area (Å²) in [5, 5.41) is 0. The van der Waals surface area contributed by atoms with Crippen molar-refractivity contribution in [1.29, 1.82) is 0 Å². The van der Waals surface area contributed by atoms with Gasteiger partial charge in [-0.25, -0.2) is 0 Å². The van der Waals surface area contributed by atoms with E-state index in [2.05, 4.69) is 25.3 Å². The third-order valence-corrected chi connectivity index (χ3v) is 2.16. The normalized spacial score (nSPS) is 13.0. The standard InChI is InChI=1S/C8H15NOSi/c1-11(2,3)7-5-4-6-8(9)10/h4-7H,1-3H3,(H2,9,10)/b6-4+,7-5+. The Kier molecular flexibility index (Phi) is 3.82. The lowest BCUT2D eigenvalue weighted by atomic mass is 10.5. The Bertz CT molecular complexity index is 189. The van der Waals surface area contributed by atoms with Gasteiger partial charge in [0.15, 0.2) is 0 Å². The van der Waals surface area contributed by atoms with Crippen molar-refractivity contribution in [2.45, 2.75) is 19.6 Å². The van der Waals surface area contributed by atoms with E-state index < -0.39 is 14.0 Å². The van der Waals surface area contributed by atoms with Crippen LogP contribution in [-0.2, 0) is 4.79 Å². The van der Waals surface area contributed by atoms with Crippen molar-refractivity contribution in [1.82, 2.24) is 0 Å². The first-order valence-electron chi connectivity index (χ1n) is 3.57. The number of allylic oxidation sites excluding steroid dienone is 2. The summed E-state index contributed by atoms with van der Waals surface area (Å²) in [6.45, 7) is 6.67. The van der Waals surface area contributed by atoms with E-state index >= 15 is 0 Å². The monoisotopic (exact) mass is 169 g/mol. The molecular formula is C8H15NOSi. The minimum atomic E-state index is -1.11. The molecule has 0 aliphatic rings. The molecule has 0 bridgehead atoms. The van der Waals surface area contributed by atoms with E-state index in [4.69, 9.17) is 5.73 Å². The van der Waals surface area contributed by atoms with Gasteiger partial charge in [-0.1, -0.05) is 37.5 Å². The number of rotatable bonds is 3. The minimum Gasteiger partial charge on any atom is -0.366 e. The van der Waals surface area contributed by atoms with E-state index in [1.165, 1.54) is 6.08 Å². The number of hydrogen-bond acceptors (Lipinski definition) is 1. The third kappa shape index (κ3) is 9.17. The molecule has 0 aromatic carbocycles. The SMILES string of the molecule is C[Si](C)(C)/C=C/C=C/C(N)=O. The first-order valence-corrected chi connectivity index (χ1v) is 7.15. The van der Waals surface area contributed by atoms with Crippen molar-refractivity contribution in [2.24, 2.45) is 5.73 Å². The average molecular weight is 169 g/mol. The predicted molar refractivity (Wildman–Crippen MR) is 50.8 cm³/mol. The van der Waals surface area contributed by atoms with Crippen LogP contribution < -0.4 is 5.73 Å². The van der Waals surface area contributed by atoms with Crippen molar-refractivity contribution in [2.75, 3.05) is 0 Å². The van der Waals surface area contributed by atoms with E-state index in [1.54, 1.807) is 6.08 Å². The maximum atomic E-state index is 10.2. The lowest BCUT2D eigenvalue weighted by molar-refractivity contribution is -0.113. The van der Waals surface area contributed by atoms with Crippen molar-refractivity contribution in [3.05, 3.63) is 23.9 Å². The predicted octanol–water partition coefficient (Wildman–Crippen LogP) is 1.46. The number of amides is 1. The molecule has 0 rings (SSSR count). The Balaban J connectivity index is 3.88. The fourth-order valence-corrected chi connectivity index (χ4v) is 1.18. The van der Waals surface area contributed by atoms with Crippen LogP contribution in [0.15, 0.2) is 23.9 Å². The van der Waals surface area contributed by atoms with Gasteiger partial charge in [-0.05, 0) is 0 Å². The van der Waals surface area contributed by atoms with E-state index in [0.717, 1.165) is 0 Å². The van der Waals surface area contributed by atoms with Crippen LogP contribution in [0.4, 0.5) is 0 Å². The smallest absolute Gasteiger partial charge is 0.241 e. The molecule has 0 aliphatic heterocycles. The van der Waals surface area contributed by atoms with Gasteiger partial charge in [-0.3, -0.25) is 4.79 Å². The second kappa shape index (κ2) is 4.13. The zero-order valence-electron chi connectivity index (χ0n) is 7.29. The topological polar surface area (TPSA) is 43.1 Å². The number of carbonyl (C=O) groups excluding carboxylic acids is 1. The molecule has 0 spiro atoms. The van der Waals surface area contributed by atoms with Crippen LogP contribution in [0.25, 0.3) is 0 Å².